The standard InChI is InChI=1S/C11H16BN3O3/c1-3-4-13-11(17)15-9-5-7(10(16)18-2)8(12)6-14-9/h5-6H,3-4,12H2,1-2H3,(H2,13,14,15,17). The lowest BCUT2D eigenvalue weighted by Crippen LogP contribution is -2.30. The average molecular weight is 249 g/mol. The fourth-order valence-corrected chi connectivity index (χ4v) is 1.32. The number of methoxy groups -OCH3 is 1. The van der Waals surface area contributed by atoms with Crippen molar-refractivity contribution in [1.29, 1.82) is 0 Å². The minimum atomic E-state index is -0.452. The minimum absolute atomic E-state index is 0.314. The van der Waals surface area contributed by atoms with E-state index in [4.69, 9.17) is 0 Å². The molecule has 1 aromatic rings. The third-order valence-electron chi connectivity index (χ3n) is 2.29. The number of carbonyl (C=O) groups excluding carboxylic acids is 2. The number of pyridine rings is 1. The summed E-state index contributed by atoms with van der Waals surface area (Å²) in [6.45, 7) is 2.54. The normalized spacial score (nSPS) is 9.67. The maximum absolute atomic E-state index is 11.5. The molecule has 0 atom stereocenters. The van der Waals surface area contributed by atoms with E-state index in [1.54, 1.807) is 7.85 Å². The summed E-state index contributed by atoms with van der Waals surface area (Å²) in [4.78, 5) is 26.9. The van der Waals surface area contributed by atoms with E-state index in [-0.39, 0.29) is 6.03 Å². The number of urea groups is 1. The molecule has 7 heteroatoms. The van der Waals surface area contributed by atoms with Gasteiger partial charge in [0.25, 0.3) is 0 Å². The van der Waals surface area contributed by atoms with Crippen molar-refractivity contribution in [2.24, 2.45) is 0 Å². The fourth-order valence-electron chi connectivity index (χ4n) is 1.32. The Kier molecular flexibility index (Phi) is 5.16. The zero-order chi connectivity index (χ0) is 13.5. The molecule has 0 radical (unpaired) electrons. The van der Waals surface area contributed by atoms with Gasteiger partial charge in [-0.2, -0.15) is 0 Å². The predicted molar refractivity (Wildman–Crippen MR) is 71.1 cm³/mol. The summed E-state index contributed by atoms with van der Waals surface area (Å²) < 4.78 is 4.65. The van der Waals surface area contributed by atoms with Gasteiger partial charge in [-0.05, 0) is 12.5 Å². The molecule has 0 saturated heterocycles. The number of esters is 1. The SMILES string of the molecule is Bc1cnc(NC(=O)NCCC)cc1C(=O)OC. The van der Waals surface area contributed by atoms with E-state index < -0.39 is 5.97 Å². The van der Waals surface area contributed by atoms with Crippen molar-refractivity contribution in [1.82, 2.24) is 10.3 Å². The number of ether oxygens (including phenoxy) is 1. The molecule has 18 heavy (non-hydrogen) atoms. The average Bonchev–Trinajstić information content (AvgIpc) is 2.37. The van der Waals surface area contributed by atoms with Gasteiger partial charge in [0, 0.05) is 12.7 Å². The van der Waals surface area contributed by atoms with E-state index in [1.165, 1.54) is 19.4 Å². The number of amides is 2. The van der Waals surface area contributed by atoms with E-state index in [0.717, 1.165) is 6.42 Å². The molecule has 1 heterocycles. The smallest absolute Gasteiger partial charge is 0.337 e. The topological polar surface area (TPSA) is 80.3 Å². The highest BCUT2D eigenvalue weighted by molar-refractivity contribution is 6.36. The molecule has 2 amide bonds. The highest BCUT2D eigenvalue weighted by atomic mass is 16.5. The summed E-state index contributed by atoms with van der Waals surface area (Å²) in [5, 5.41) is 5.21. The fraction of sp³-hybridized carbons (Fsp3) is 0.364. The maximum Gasteiger partial charge on any atom is 0.337 e. The van der Waals surface area contributed by atoms with Crippen LogP contribution in [0.2, 0.25) is 0 Å². The lowest BCUT2D eigenvalue weighted by Gasteiger charge is -2.08. The van der Waals surface area contributed by atoms with E-state index in [2.05, 4.69) is 20.4 Å². The number of aromatic nitrogens is 1. The van der Waals surface area contributed by atoms with Crippen LogP contribution >= 0.6 is 0 Å². The summed E-state index contributed by atoms with van der Waals surface area (Å²) in [6, 6.07) is 1.15. The van der Waals surface area contributed by atoms with Crippen LogP contribution in [0.4, 0.5) is 10.6 Å². The molecule has 6 nitrogen and oxygen atoms in total. The molecule has 1 rings (SSSR count). The van der Waals surface area contributed by atoms with E-state index in [0.29, 0.717) is 23.4 Å². The highest BCUT2D eigenvalue weighted by Crippen LogP contribution is 2.05. The molecule has 0 unspecified atom stereocenters. The second kappa shape index (κ2) is 6.63. The van der Waals surface area contributed by atoms with Crippen molar-refractivity contribution < 1.29 is 14.3 Å². The van der Waals surface area contributed by atoms with Crippen molar-refractivity contribution in [3.05, 3.63) is 17.8 Å². The van der Waals surface area contributed by atoms with Crippen molar-refractivity contribution >= 4 is 31.1 Å². The Morgan fingerprint density at radius 2 is 2.22 bits per heavy atom. The Bertz CT molecular complexity index is 451. The Morgan fingerprint density at radius 3 is 2.83 bits per heavy atom. The number of nitrogens with one attached hydrogen (secondary N) is 2. The third kappa shape index (κ3) is 3.76. The van der Waals surface area contributed by atoms with Crippen molar-refractivity contribution in [3.8, 4) is 0 Å². The zero-order valence-electron chi connectivity index (χ0n) is 10.7. The lowest BCUT2D eigenvalue weighted by atomic mass is 9.93. The summed E-state index contributed by atoms with van der Waals surface area (Å²) >= 11 is 0. The van der Waals surface area contributed by atoms with Gasteiger partial charge in [-0.15, -0.1) is 0 Å². The number of hydrogen-bond donors (Lipinski definition) is 2. The van der Waals surface area contributed by atoms with E-state index in [1.807, 2.05) is 6.92 Å². The molecule has 96 valence electrons. The summed E-state index contributed by atoms with van der Waals surface area (Å²) in [5.41, 5.74) is 1.08. The van der Waals surface area contributed by atoms with Crippen molar-refractivity contribution in [3.63, 3.8) is 0 Å². The van der Waals surface area contributed by atoms with Crippen LogP contribution in [0.1, 0.15) is 23.7 Å². The molecular weight excluding hydrogens is 233 g/mol. The highest BCUT2D eigenvalue weighted by Gasteiger charge is 2.11. The Balaban J connectivity index is 2.79. The van der Waals surface area contributed by atoms with Crippen LogP contribution in [0.25, 0.3) is 0 Å². The first kappa shape index (κ1) is 14.0. The van der Waals surface area contributed by atoms with Crippen LogP contribution in [0.3, 0.4) is 0 Å². The first-order valence-corrected chi connectivity index (χ1v) is 5.68. The summed E-state index contributed by atoms with van der Waals surface area (Å²) in [5.74, 6) is -0.137. The van der Waals surface area contributed by atoms with Gasteiger partial charge in [0.1, 0.15) is 13.7 Å². The van der Waals surface area contributed by atoms with E-state index >= 15 is 0 Å². The predicted octanol–water partition coefficient (Wildman–Crippen LogP) is -0.342. The number of rotatable bonds is 4. The molecule has 0 bridgehead atoms. The van der Waals surface area contributed by atoms with Gasteiger partial charge in [-0.3, -0.25) is 5.32 Å². The van der Waals surface area contributed by atoms with Gasteiger partial charge < -0.3 is 10.1 Å². The first-order valence-electron chi connectivity index (χ1n) is 5.68. The zero-order valence-corrected chi connectivity index (χ0v) is 10.7. The monoisotopic (exact) mass is 249 g/mol. The summed E-state index contributed by atoms with van der Waals surface area (Å²) in [7, 11) is 3.06. The molecular formula is C11H16BN3O3. The number of anilines is 1. The van der Waals surface area contributed by atoms with Crippen LogP contribution < -0.4 is 16.1 Å². The van der Waals surface area contributed by atoms with Gasteiger partial charge in [-0.25, -0.2) is 14.6 Å². The molecule has 0 aliphatic heterocycles. The second-order valence-electron chi connectivity index (χ2n) is 3.76. The van der Waals surface area contributed by atoms with Crippen LogP contribution in [-0.2, 0) is 4.74 Å². The number of carbonyl (C=O) groups is 2. The van der Waals surface area contributed by atoms with Gasteiger partial charge in [0.05, 0.1) is 12.7 Å². The molecule has 0 aliphatic rings. The molecule has 0 aromatic carbocycles. The van der Waals surface area contributed by atoms with Gasteiger partial charge >= 0.3 is 12.0 Å². The van der Waals surface area contributed by atoms with Crippen LogP contribution in [0.15, 0.2) is 12.3 Å². The number of nitrogens with zero attached hydrogens (tertiary/aromatic N) is 1. The molecule has 1 aromatic heterocycles. The third-order valence-corrected chi connectivity index (χ3v) is 2.29. The Labute approximate surface area is 107 Å². The van der Waals surface area contributed by atoms with Gasteiger partial charge in [0.15, 0.2) is 0 Å². The van der Waals surface area contributed by atoms with E-state index in [9.17, 15) is 9.59 Å². The van der Waals surface area contributed by atoms with Crippen molar-refractivity contribution in [2.75, 3.05) is 19.0 Å². The maximum atomic E-state index is 11.5. The quantitative estimate of drug-likeness (QED) is 0.565. The molecule has 0 spiro atoms. The molecule has 2 N–H and O–H groups in total. The van der Waals surface area contributed by atoms with Crippen molar-refractivity contribution in [2.45, 2.75) is 13.3 Å². The second-order valence-corrected chi connectivity index (χ2v) is 3.76. The first-order chi connectivity index (χ1) is 8.58. The summed E-state index contributed by atoms with van der Waals surface area (Å²) in [6.07, 6.45) is 2.36. The molecule has 0 aliphatic carbocycles. The molecule has 0 saturated carbocycles. The van der Waals surface area contributed by atoms with Crippen LogP contribution in [-0.4, -0.2) is 38.5 Å². The Morgan fingerprint density at radius 1 is 1.50 bits per heavy atom. The van der Waals surface area contributed by atoms with Gasteiger partial charge in [0.2, 0.25) is 0 Å². The minimum Gasteiger partial charge on any atom is -0.465 e. The molecule has 0 fully saturated rings. The largest absolute Gasteiger partial charge is 0.465 e. The lowest BCUT2D eigenvalue weighted by molar-refractivity contribution is 0.0602. The van der Waals surface area contributed by atoms with Gasteiger partial charge in [-0.1, -0.05) is 12.4 Å². The van der Waals surface area contributed by atoms with Crippen LogP contribution in [0, 0.1) is 0 Å². The van der Waals surface area contributed by atoms with Crippen LogP contribution in [0.5, 0.6) is 0 Å². The number of hydrogen-bond acceptors (Lipinski definition) is 4. The Hall–Kier alpha value is -2.05.